The minimum absolute atomic E-state index is 0.000459. The van der Waals surface area contributed by atoms with Crippen LogP contribution in [-0.2, 0) is 9.53 Å². The Balaban J connectivity index is 3.77. The van der Waals surface area contributed by atoms with Crippen LogP contribution in [0.3, 0.4) is 0 Å². The van der Waals surface area contributed by atoms with Crippen LogP contribution in [0, 0.1) is 16.7 Å². The van der Waals surface area contributed by atoms with Crippen LogP contribution in [-0.4, -0.2) is 12.6 Å². The third-order valence-corrected chi connectivity index (χ3v) is 5.14. The van der Waals surface area contributed by atoms with E-state index >= 15 is 0 Å². The standard InChI is InChI=1S/C24H48O2/c1-8-9-10-11-12-13-14-15-16-17-18-19-26-22(25)21(24(5,6)7)20-23(2,3)4/h21H,8-20H2,1-7H3. The minimum Gasteiger partial charge on any atom is -0.465 e. The van der Waals surface area contributed by atoms with Crippen molar-refractivity contribution in [3.05, 3.63) is 0 Å². The summed E-state index contributed by atoms with van der Waals surface area (Å²) >= 11 is 0. The number of carbonyl (C=O) groups excluding carboxylic acids is 1. The number of rotatable bonds is 14. The van der Waals surface area contributed by atoms with Gasteiger partial charge < -0.3 is 4.74 Å². The van der Waals surface area contributed by atoms with Crippen LogP contribution in [0.5, 0.6) is 0 Å². The molecule has 0 radical (unpaired) electrons. The molecule has 0 aliphatic heterocycles. The highest BCUT2D eigenvalue weighted by molar-refractivity contribution is 5.73. The van der Waals surface area contributed by atoms with E-state index in [1.54, 1.807) is 0 Å². The van der Waals surface area contributed by atoms with Gasteiger partial charge in [-0.3, -0.25) is 4.79 Å². The van der Waals surface area contributed by atoms with Gasteiger partial charge in [0.25, 0.3) is 0 Å². The third-order valence-electron chi connectivity index (χ3n) is 5.14. The quantitative estimate of drug-likeness (QED) is 0.230. The monoisotopic (exact) mass is 368 g/mol. The molecule has 0 saturated carbocycles. The first-order valence-corrected chi connectivity index (χ1v) is 11.2. The Hall–Kier alpha value is -0.530. The number of ether oxygens (including phenoxy) is 1. The second-order valence-corrected chi connectivity index (χ2v) is 10.4. The van der Waals surface area contributed by atoms with Crippen molar-refractivity contribution in [1.29, 1.82) is 0 Å². The molecule has 2 heteroatoms. The van der Waals surface area contributed by atoms with Crippen molar-refractivity contribution in [2.45, 2.75) is 126 Å². The SMILES string of the molecule is CCCCCCCCCCCCCOC(=O)C(CC(C)(C)C)C(C)(C)C. The normalized spacial score (nSPS) is 13.7. The van der Waals surface area contributed by atoms with Gasteiger partial charge in [0.05, 0.1) is 12.5 Å². The lowest BCUT2D eigenvalue weighted by molar-refractivity contribution is -0.154. The van der Waals surface area contributed by atoms with Crippen molar-refractivity contribution >= 4 is 5.97 Å². The average molecular weight is 369 g/mol. The van der Waals surface area contributed by atoms with Gasteiger partial charge in [0.15, 0.2) is 0 Å². The molecule has 0 saturated heterocycles. The highest BCUT2D eigenvalue weighted by Crippen LogP contribution is 2.36. The molecule has 0 spiro atoms. The van der Waals surface area contributed by atoms with Gasteiger partial charge in [-0.25, -0.2) is 0 Å². The third kappa shape index (κ3) is 14.6. The number of hydrogen-bond acceptors (Lipinski definition) is 2. The zero-order valence-electron chi connectivity index (χ0n) is 19.1. The molecular formula is C24H48O2. The number of hydrogen-bond donors (Lipinski definition) is 0. The van der Waals surface area contributed by atoms with Gasteiger partial charge in [-0.2, -0.15) is 0 Å². The summed E-state index contributed by atoms with van der Waals surface area (Å²) in [5, 5.41) is 0. The van der Waals surface area contributed by atoms with E-state index < -0.39 is 0 Å². The summed E-state index contributed by atoms with van der Waals surface area (Å²) in [6.07, 6.45) is 15.4. The maximum absolute atomic E-state index is 12.5. The zero-order valence-corrected chi connectivity index (χ0v) is 19.1. The molecule has 0 fully saturated rings. The Morgan fingerprint density at radius 2 is 1.15 bits per heavy atom. The van der Waals surface area contributed by atoms with Gasteiger partial charge in [0.2, 0.25) is 0 Å². The molecule has 0 rings (SSSR count). The molecule has 0 aliphatic rings. The Morgan fingerprint density at radius 3 is 1.54 bits per heavy atom. The molecule has 0 aromatic carbocycles. The van der Waals surface area contributed by atoms with Crippen molar-refractivity contribution in [3.8, 4) is 0 Å². The fraction of sp³-hybridized carbons (Fsp3) is 0.958. The minimum atomic E-state index is -0.0402. The first kappa shape index (κ1) is 25.5. The number of carbonyl (C=O) groups is 1. The van der Waals surface area contributed by atoms with E-state index in [0.29, 0.717) is 6.61 Å². The molecule has 1 atom stereocenters. The van der Waals surface area contributed by atoms with Crippen molar-refractivity contribution in [1.82, 2.24) is 0 Å². The van der Waals surface area contributed by atoms with Crippen LogP contribution in [0.1, 0.15) is 126 Å². The van der Waals surface area contributed by atoms with Gasteiger partial charge in [0.1, 0.15) is 0 Å². The average Bonchev–Trinajstić information content (AvgIpc) is 2.51. The topological polar surface area (TPSA) is 26.3 Å². The lowest BCUT2D eigenvalue weighted by Gasteiger charge is -2.33. The molecule has 26 heavy (non-hydrogen) atoms. The molecule has 0 aromatic heterocycles. The fourth-order valence-electron chi connectivity index (χ4n) is 3.40. The molecule has 1 unspecified atom stereocenters. The Labute approximate surface area is 164 Å². The largest absolute Gasteiger partial charge is 0.465 e. The zero-order chi connectivity index (χ0) is 20.1. The Bertz CT molecular complexity index is 346. The summed E-state index contributed by atoms with van der Waals surface area (Å²) in [6.45, 7) is 15.9. The Morgan fingerprint density at radius 1 is 0.731 bits per heavy atom. The Kier molecular flexibility index (Phi) is 13.3. The summed E-state index contributed by atoms with van der Waals surface area (Å²) in [5.41, 5.74) is 0.106. The molecule has 0 aromatic rings. The highest BCUT2D eigenvalue weighted by atomic mass is 16.5. The van der Waals surface area contributed by atoms with Gasteiger partial charge >= 0.3 is 5.97 Å². The van der Waals surface area contributed by atoms with Gasteiger partial charge in [0, 0.05) is 0 Å². The van der Waals surface area contributed by atoms with E-state index in [2.05, 4.69) is 48.5 Å². The smallest absolute Gasteiger partial charge is 0.309 e. The second kappa shape index (κ2) is 13.6. The first-order valence-electron chi connectivity index (χ1n) is 11.2. The molecule has 0 N–H and O–H groups in total. The molecule has 0 aliphatic carbocycles. The second-order valence-electron chi connectivity index (χ2n) is 10.4. The summed E-state index contributed by atoms with van der Waals surface area (Å²) in [4.78, 5) is 12.5. The molecule has 156 valence electrons. The van der Waals surface area contributed by atoms with Crippen LogP contribution < -0.4 is 0 Å². The molecule has 0 amide bonds. The van der Waals surface area contributed by atoms with E-state index in [1.807, 2.05) is 0 Å². The maximum atomic E-state index is 12.5. The van der Waals surface area contributed by atoms with E-state index in [9.17, 15) is 4.79 Å². The first-order chi connectivity index (χ1) is 12.1. The molecule has 0 heterocycles. The van der Waals surface area contributed by atoms with Crippen molar-refractivity contribution < 1.29 is 9.53 Å². The van der Waals surface area contributed by atoms with Crippen LogP contribution in [0.4, 0.5) is 0 Å². The molecule has 0 bridgehead atoms. The summed E-state index contributed by atoms with van der Waals surface area (Å²) in [6, 6.07) is 0. The van der Waals surface area contributed by atoms with Crippen molar-refractivity contribution in [3.63, 3.8) is 0 Å². The number of esters is 1. The van der Waals surface area contributed by atoms with E-state index in [4.69, 9.17) is 4.74 Å². The lowest BCUT2D eigenvalue weighted by atomic mass is 9.72. The van der Waals surface area contributed by atoms with Gasteiger partial charge in [-0.15, -0.1) is 0 Å². The fourth-order valence-corrected chi connectivity index (χ4v) is 3.40. The van der Waals surface area contributed by atoms with Crippen LogP contribution in [0.15, 0.2) is 0 Å². The summed E-state index contributed by atoms with van der Waals surface area (Å²) in [5.74, 6) is -0.0188. The maximum Gasteiger partial charge on any atom is 0.309 e. The van der Waals surface area contributed by atoms with E-state index in [0.717, 1.165) is 12.8 Å². The van der Waals surface area contributed by atoms with Crippen LogP contribution in [0.2, 0.25) is 0 Å². The summed E-state index contributed by atoms with van der Waals surface area (Å²) < 4.78 is 5.62. The van der Waals surface area contributed by atoms with Crippen molar-refractivity contribution in [2.24, 2.45) is 16.7 Å². The molecule has 2 nitrogen and oxygen atoms in total. The number of unbranched alkanes of at least 4 members (excludes halogenated alkanes) is 10. The van der Waals surface area contributed by atoms with Crippen molar-refractivity contribution in [2.75, 3.05) is 6.61 Å². The lowest BCUT2D eigenvalue weighted by Crippen LogP contribution is -2.33. The highest BCUT2D eigenvalue weighted by Gasteiger charge is 2.35. The van der Waals surface area contributed by atoms with Gasteiger partial charge in [-0.1, -0.05) is 113 Å². The predicted octanol–water partition coefficient (Wildman–Crippen LogP) is 7.94. The van der Waals surface area contributed by atoms with Gasteiger partial charge in [-0.05, 0) is 23.7 Å². The van der Waals surface area contributed by atoms with Crippen LogP contribution >= 0.6 is 0 Å². The van der Waals surface area contributed by atoms with Crippen LogP contribution in [0.25, 0.3) is 0 Å². The summed E-state index contributed by atoms with van der Waals surface area (Å²) in [7, 11) is 0. The molecular weight excluding hydrogens is 320 g/mol. The van der Waals surface area contributed by atoms with E-state index in [1.165, 1.54) is 64.2 Å². The van der Waals surface area contributed by atoms with E-state index in [-0.39, 0.29) is 22.7 Å². The predicted molar refractivity (Wildman–Crippen MR) is 114 cm³/mol.